The van der Waals surface area contributed by atoms with Crippen molar-refractivity contribution in [3.05, 3.63) is 51.6 Å². The minimum atomic E-state index is -0.224. The minimum absolute atomic E-state index is 0.0119. The van der Waals surface area contributed by atoms with Gasteiger partial charge in [0.1, 0.15) is 0 Å². The predicted octanol–water partition coefficient (Wildman–Crippen LogP) is 1.97. The Kier molecular flexibility index (Phi) is 6.66. The fraction of sp³-hybridized carbons (Fsp3) is 0.455. The monoisotopic (exact) mass is 410 g/mol. The molecule has 30 heavy (non-hydrogen) atoms. The molecule has 2 aromatic heterocycles. The summed E-state index contributed by atoms with van der Waals surface area (Å²) in [6.07, 6.45) is 0.902. The average molecular weight is 411 g/mol. The molecule has 0 saturated carbocycles. The third-order valence-electron chi connectivity index (χ3n) is 5.12. The number of nitrogens with zero attached hydrogens (tertiary/aromatic N) is 5. The Morgan fingerprint density at radius 1 is 1.10 bits per heavy atom. The molecule has 3 rings (SSSR count). The van der Waals surface area contributed by atoms with Crippen LogP contribution in [0.4, 0.5) is 0 Å². The van der Waals surface area contributed by atoms with Crippen LogP contribution in [0.1, 0.15) is 29.8 Å². The molecule has 1 amide bonds. The van der Waals surface area contributed by atoms with Gasteiger partial charge in [-0.15, -0.1) is 0 Å². The van der Waals surface area contributed by atoms with Crippen molar-refractivity contribution in [2.45, 2.75) is 40.2 Å². The molecule has 1 aromatic carbocycles. The summed E-state index contributed by atoms with van der Waals surface area (Å²) in [4.78, 5) is 26.9. The number of aromatic nitrogens is 4. The Morgan fingerprint density at radius 2 is 1.80 bits per heavy atom. The molecule has 160 valence electrons. The van der Waals surface area contributed by atoms with E-state index in [1.54, 1.807) is 4.68 Å². The van der Waals surface area contributed by atoms with Gasteiger partial charge in [-0.3, -0.25) is 9.59 Å². The van der Waals surface area contributed by atoms with Crippen LogP contribution in [0.5, 0.6) is 0 Å². The number of hydrogen-bond donors (Lipinski definition) is 1. The number of carbonyl (C=O) groups excluding carboxylic acids is 1. The van der Waals surface area contributed by atoms with Gasteiger partial charge in [-0.1, -0.05) is 17.7 Å². The first-order valence-electron chi connectivity index (χ1n) is 10.2. The van der Waals surface area contributed by atoms with Crippen LogP contribution in [-0.2, 0) is 11.3 Å². The minimum Gasteiger partial charge on any atom is -0.355 e. The van der Waals surface area contributed by atoms with E-state index in [0.717, 1.165) is 29.0 Å². The van der Waals surface area contributed by atoms with Gasteiger partial charge in [-0.05, 0) is 53.4 Å². The molecule has 0 aliphatic heterocycles. The Balaban J connectivity index is 1.77. The van der Waals surface area contributed by atoms with Crippen LogP contribution < -0.4 is 10.9 Å². The number of likely N-dealkylation sites (N-methyl/N-ethyl adjacent to an activating group) is 1. The topological polar surface area (TPSA) is 85.0 Å². The lowest BCUT2D eigenvalue weighted by atomic mass is 10.2. The molecule has 1 N–H and O–H groups in total. The van der Waals surface area contributed by atoms with E-state index < -0.39 is 0 Å². The van der Waals surface area contributed by atoms with Gasteiger partial charge in [-0.25, -0.2) is 9.36 Å². The highest BCUT2D eigenvalue weighted by atomic mass is 16.1. The zero-order valence-electron chi connectivity index (χ0n) is 18.4. The number of rotatable bonds is 8. The molecule has 0 spiro atoms. The van der Waals surface area contributed by atoms with Crippen molar-refractivity contribution in [3.8, 4) is 5.69 Å². The maximum absolute atomic E-state index is 13.0. The van der Waals surface area contributed by atoms with Crippen LogP contribution in [0.2, 0.25) is 0 Å². The summed E-state index contributed by atoms with van der Waals surface area (Å²) in [5.74, 6) is -0.0119. The maximum atomic E-state index is 13.0. The second-order valence-corrected chi connectivity index (χ2v) is 7.93. The SMILES string of the molecule is Cc1ccc(-n2nc3c(=O)n(CCCC(=O)NCCN(C)C)nc(C)c3c2C)cc1. The Morgan fingerprint density at radius 3 is 2.47 bits per heavy atom. The largest absolute Gasteiger partial charge is 0.355 e. The first kappa shape index (κ1) is 21.7. The number of amides is 1. The summed E-state index contributed by atoms with van der Waals surface area (Å²) in [5.41, 5.74) is 3.92. The molecule has 0 bridgehead atoms. The van der Waals surface area contributed by atoms with Crippen LogP contribution in [0.15, 0.2) is 29.1 Å². The van der Waals surface area contributed by atoms with Gasteiger partial charge in [0.15, 0.2) is 5.52 Å². The molecule has 8 heteroatoms. The molecule has 0 atom stereocenters. The third kappa shape index (κ3) is 4.76. The Hall–Kier alpha value is -3.00. The van der Waals surface area contributed by atoms with E-state index >= 15 is 0 Å². The molecule has 8 nitrogen and oxygen atoms in total. The van der Waals surface area contributed by atoms with Gasteiger partial charge in [0.2, 0.25) is 5.91 Å². The zero-order chi connectivity index (χ0) is 21.8. The van der Waals surface area contributed by atoms with Gasteiger partial charge < -0.3 is 10.2 Å². The summed E-state index contributed by atoms with van der Waals surface area (Å²) in [6, 6.07) is 8.02. The fourth-order valence-corrected chi connectivity index (χ4v) is 3.47. The first-order valence-corrected chi connectivity index (χ1v) is 10.2. The number of aryl methyl sites for hydroxylation is 4. The second-order valence-electron chi connectivity index (χ2n) is 7.93. The molecule has 0 fully saturated rings. The van der Waals surface area contributed by atoms with Crippen molar-refractivity contribution in [2.24, 2.45) is 0 Å². The molecule has 0 aliphatic carbocycles. The highest BCUT2D eigenvalue weighted by Crippen LogP contribution is 2.21. The van der Waals surface area contributed by atoms with Crippen molar-refractivity contribution in [3.63, 3.8) is 0 Å². The summed E-state index contributed by atoms with van der Waals surface area (Å²) < 4.78 is 3.22. The van der Waals surface area contributed by atoms with E-state index in [0.29, 0.717) is 31.4 Å². The Labute approximate surface area is 176 Å². The molecule has 0 aliphatic rings. The van der Waals surface area contributed by atoms with E-state index in [9.17, 15) is 9.59 Å². The van der Waals surface area contributed by atoms with E-state index in [4.69, 9.17) is 0 Å². The van der Waals surface area contributed by atoms with E-state index in [-0.39, 0.29) is 11.5 Å². The molecule has 3 aromatic rings. The summed E-state index contributed by atoms with van der Waals surface area (Å²) in [7, 11) is 3.93. The summed E-state index contributed by atoms with van der Waals surface area (Å²) in [5, 5.41) is 12.7. The average Bonchev–Trinajstić information content (AvgIpc) is 3.04. The molecule has 0 unspecified atom stereocenters. The lowest BCUT2D eigenvalue weighted by Gasteiger charge is -2.10. The highest BCUT2D eigenvalue weighted by Gasteiger charge is 2.17. The van der Waals surface area contributed by atoms with E-state index in [2.05, 4.69) is 15.5 Å². The van der Waals surface area contributed by atoms with E-state index in [1.807, 2.05) is 64.0 Å². The van der Waals surface area contributed by atoms with Crippen molar-refractivity contribution in [1.29, 1.82) is 0 Å². The normalized spacial score (nSPS) is 11.4. The van der Waals surface area contributed by atoms with E-state index in [1.165, 1.54) is 10.2 Å². The van der Waals surface area contributed by atoms with Crippen LogP contribution in [0, 0.1) is 20.8 Å². The second kappa shape index (κ2) is 9.21. The Bertz CT molecular complexity index is 1100. The number of hydrogen-bond acceptors (Lipinski definition) is 5. The first-order chi connectivity index (χ1) is 14.3. The number of nitrogens with one attached hydrogen (secondary N) is 1. The van der Waals surface area contributed by atoms with Crippen molar-refractivity contribution in [1.82, 2.24) is 29.8 Å². The van der Waals surface area contributed by atoms with Crippen LogP contribution >= 0.6 is 0 Å². The zero-order valence-corrected chi connectivity index (χ0v) is 18.4. The lowest BCUT2D eigenvalue weighted by molar-refractivity contribution is -0.121. The smallest absolute Gasteiger partial charge is 0.295 e. The molecule has 2 heterocycles. The van der Waals surface area contributed by atoms with Crippen LogP contribution in [0.3, 0.4) is 0 Å². The maximum Gasteiger partial charge on any atom is 0.295 e. The fourth-order valence-electron chi connectivity index (χ4n) is 3.47. The van der Waals surface area contributed by atoms with Gasteiger partial charge in [0.05, 0.1) is 22.5 Å². The van der Waals surface area contributed by atoms with Gasteiger partial charge in [0.25, 0.3) is 5.56 Å². The number of carbonyl (C=O) groups is 1. The molecule has 0 saturated heterocycles. The lowest BCUT2D eigenvalue weighted by Crippen LogP contribution is -2.31. The third-order valence-corrected chi connectivity index (χ3v) is 5.12. The molecule has 0 radical (unpaired) electrons. The number of fused-ring (bicyclic) bond motifs is 1. The van der Waals surface area contributed by atoms with Crippen molar-refractivity contribution in [2.75, 3.05) is 27.2 Å². The molecular weight excluding hydrogens is 380 g/mol. The van der Waals surface area contributed by atoms with Crippen LogP contribution in [0.25, 0.3) is 16.6 Å². The van der Waals surface area contributed by atoms with Gasteiger partial charge in [-0.2, -0.15) is 10.2 Å². The highest BCUT2D eigenvalue weighted by molar-refractivity contribution is 5.83. The quantitative estimate of drug-likeness (QED) is 0.614. The molecular formula is C22H30N6O2. The van der Waals surface area contributed by atoms with Gasteiger partial charge >= 0.3 is 0 Å². The summed E-state index contributed by atoms with van der Waals surface area (Å²) in [6.45, 7) is 7.67. The van der Waals surface area contributed by atoms with Crippen LogP contribution in [-0.4, -0.2) is 57.6 Å². The number of benzene rings is 1. The standard InChI is InChI=1S/C22H30N6O2/c1-15-8-10-18(11-9-15)28-17(3)20-16(2)24-27(22(30)21(20)25-28)13-6-7-19(29)23-12-14-26(4)5/h8-11H,6-7,12-14H2,1-5H3,(H,23,29). The van der Waals surface area contributed by atoms with Gasteiger partial charge in [0, 0.05) is 26.1 Å². The summed E-state index contributed by atoms with van der Waals surface area (Å²) >= 11 is 0. The van der Waals surface area contributed by atoms with Crippen molar-refractivity contribution >= 4 is 16.8 Å². The van der Waals surface area contributed by atoms with Crippen molar-refractivity contribution < 1.29 is 4.79 Å². The predicted molar refractivity (Wildman–Crippen MR) is 118 cm³/mol.